The predicted molar refractivity (Wildman–Crippen MR) is 126 cm³/mol. The Hall–Kier alpha value is -2.57. The Balaban J connectivity index is 1.22. The molecule has 0 atom stereocenters. The minimum absolute atomic E-state index is 0.0499. The zero-order valence-corrected chi connectivity index (χ0v) is 19.1. The molecule has 0 bridgehead atoms. The van der Waals surface area contributed by atoms with E-state index in [1.807, 2.05) is 17.0 Å². The van der Waals surface area contributed by atoms with Gasteiger partial charge in [0.2, 0.25) is 0 Å². The quantitative estimate of drug-likeness (QED) is 0.651. The van der Waals surface area contributed by atoms with Gasteiger partial charge in [0.25, 0.3) is 5.91 Å². The highest BCUT2D eigenvalue weighted by molar-refractivity contribution is 5.78. The molecule has 0 spiro atoms. The van der Waals surface area contributed by atoms with Gasteiger partial charge in [0, 0.05) is 32.2 Å². The second-order valence-electron chi connectivity index (χ2n) is 8.78. The number of carbonyl (C=O) groups excluding carboxylic acids is 1. The van der Waals surface area contributed by atoms with E-state index in [1.54, 1.807) is 7.11 Å². The number of benzene rings is 2. The van der Waals surface area contributed by atoms with Crippen LogP contribution in [0.5, 0.6) is 11.5 Å². The number of nitrogens with one attached hydrogen (secondary N) is 1. The third kappa shape index (κ3) is 6.24. The molecule has 1 amide bonds. The molecule has 2 aliphatic heterocycles. The molecule has 0 aromatic heterocycles. The largest absolute Gasteiger partial charge is 0.493 e. The fraction of sp³-hybridized carbons (Fsp3) is 0.500. The van der Waals surface area contributed by atoms with Crippen LogP contribution in [0.3, 0.4) is 0 Å². The van der Waals surface area contributed by atoms with Crippen molar-refractivity contribution in [2.45, 2.75) is 44.8 Å². The molecule has 1 N–H and O–H groups in total. The van der Waals surface area contributed by atoms with Crippen LogP contribution in [-0.4, -0.2) is 61.6 Å². The molecular weight excluding hydrogens is 402 g/mol. The fourth-order valence-electron chi connectivity index (χ4n) is 4.54. The van der Waals surface area contributed by atoms with Crippen molar-refractivity contribution in [3.63, 3.8) is 0 Å². The molecule has 4 rings (SSSR count). The van der Waals surface area contributed by atoms with Crippen molar-refractivity contribution in [1.82, 2.24) is 15.1 Å². The summed E-state index contributed by atoms with van der Waals surface area (Å²) in [6.07, 6.45) is 4.49. The lowest BCUT2D eigenvalue weighted by Crippen LogP contribution is -2.41. The maximum atomic E-state index is 12.2. The van der Waals surface area contributed by atoms with Gasteiger partial charge in [-0.1, -0.05) is 36.4 Å². The van der Waals surface area contributed by atoms with Gasteiger partial charge in [-0.25, -0.2) is 0 Å². The first-order valence-corrected chi connectivity index (χ1v) is 11.8. The summed E-state index contributed by atoms with van der Waals surface area (Å²) in [5, 5.41) is 3.70. The molecule has 2 heterocycles. The zero-order valence-electron chi connectivity index (χ0n) is 19.1. The van der Waals surface area contributed by atoms with E-state index in [4.69, 9.17) is 9.47 Å². The Kier molecular flexibility index (Phi) is 8.02. The molecule has 6 nitrogen and oxygen atoms in total. The topological polar surface area (TPSA) is 54.0 Å². The average molecular weight is 438 g/mol. The highest BCUT2D eigenvalue weighted by Crippen LogP contribution is 2.28. The Morgan fingerprint density at radius 1 is 0.969 bits per heavy atom. The first-order chi connectivity index (χ1) is 15.7. The first-order valence-electron chi connectivity index (χ1n) is 11.8. The van der Waals surface area contributed by atoms with Gasteiger partial charge < -0.3 is 19.7 Å². The van der Waals surface area contributed by atoms with Crippen LogP contribution in [-0.2, 0) is 17.9 Å². The molecule has 0 saturated carbocycles. The lowest BCUT2D eigenvalue weighted by Gasteiger charge is -2.32. The van der Waals surface area contributed by atoms with Crippen molar-refractivity contribution in [2.24, 2.45) is 0 Å². The van der Waals surface area contributed by atoms with E-state index in [1.165, 1.54) is 5.56 Å². The highest BCUT2D eigenvalue weighted by Gasteiger charge is 2.20. The van der Waals surface area contributed by atoms with Crippen LogP contribution >= 0.6 is 0 Å². The molecule has 2 aromatic rings. The number of nitrogens with zero attached hydrogens (tertiary/aromatic N) is 2. The minimum Gasteiger partial charge on any atom is -0.493 e. The Morgan fingerprint density at radius 3 is 2.44 bits per heavy atom. The lowest BCUT2D eigenvalue weighted by atomic mass is 10.0. The molecule has 2 saturated heterocycles. The summed E-state index contributed by atoms with van der Waals surface area (Å²) >= 11 is 0. The van der Waals surface area contributed by atoms with Crippen LogP contribution in [0.15, 0.2) is 48.5 Å². The molecule has 2 fully saturated rings. The van der Waals surface area contributed by atoms with Crippen LogP contribution in [0.2, 0.25) is 0 Å². The summed E-state index contributed by atoms with van der Waals surface area (Å²) in [5.74, 6) is 1.35. The summed E-state index contributed by atoms with van der Waals surface area (Å²) < 4.78 is 11.3. The summed E-state index contributed by atoms with van der Waals surface area (Å²) in [6, 6.07) is 17.2. The Morgan fingerprint density at radius 2 is 1.72 bits per heavy atom. The normalized spacial score (nSPS) is 17.5. The summed E-state index contributed by atoms with van der Waals surface area (Å²) in [4.78, 5) is 16.6. The smallest absolute Gasteiger partial charge is 0.260 e. The van der Waals surface area contributed by atoms with Crippen molar-refractivity contribution in [3.8, 4) is 11.5 Å². The van der Waals surface area contributed by atoms with Gasteiger partial charge >= 0.3 is 0 Å². The number of amides is 1. The van der Waals surface area contributed by atoms with Gasteiger partial charge in [-0.15, -0.1) is 0 Å². The SMILES string of the molecule is COc1cc(CNC2CCN(Cc3ccccc3)CC2)ccc1OCC(=O)N1CCCC1. The van der Waals surface area contributed by atoms with E-state index < -0.39 is 0 Å². The monoisotopic (exact) mass is 437 g/mol. The van der Waals surface area contributed by atoms with Gasteiger partial charge in [-0.2, -0.15) is 0 Å². The number of hydrogen-bond donors (Lipinski definition) is 1. The minimum atomic E-state index is 0.0499. The number of hydrogen-bond acceptors (Lipinski definition) is 5. The van der Waals surface area contributed by atoms with Crippen LogP contribution in [0.25, 0.3) is 0 Å². The maximum absolute atomic E-state index is 12.2. The van der Waals surface area contributed by atoms with Crippen molar-refractivity contribution in [1.29, 1.82) is 0 Å². The highest BCUT2D eigenvalue weighted by atomic mass is 16.5. The van der Waals surface area contributed by atoms with Crippen LogP contribution in [0, 0.1) is 0 Å². The summed E-state index contributed by atoms with van der Waals surface area (Å²) in [5.41, 5.74) is 2.54. The van der Waals surface area contributed by atoms with Crippen LogP contribution in [0.4, 0.5) is 0 Å². The van der Waals surface area contributed by atoms with Crippen molar-refractivity contribution in [2.75, 3.05) is 39.9 Å². The summed E-state index contributed by atoms with van der Waals surface area (Å²) in [6.45, 7) is 5.82. The zero-order chi connectivity index (χ0) is 22.2. The van der Waals surface area contributed by atoms with E-state index in [0.29, 0.717) is 17.5 Å². The molecule has 0 unspecified atom stereocenters. The number of piperidine rings is 1. The molecule has 0 radical (unpaired) electrons. The van der Waals surface area contributed by atoms with E-state index in [2.05, 4.69) is 46.6 Å². The molecule has 2 aromatic carbocycles. The second kappa shape index (κ2) is 11.3. The standard InChI is InChI=1S/C26H35N3O3/c1-31-25-17-22(9-10-24(25)32-20-26(30)29-13-5-6-14-29)18-27-23-11-15-28(16-12-23)19-21-7-3-2-4-8-21/h2-4,7-10,17,23,27H,5-6,11-16,18-20H2,1H3. The molecular formula is C26H35N3O3. The first kappa shape index (κ1) is 22.6. The molecule has 2 aliphatic rings. The number of likely N-dealkylation sites (tertiary alicyclic amines) is 2. The fourth-order valence-corrected chi connectivity index (χ4v) is 4.54. The maximum Gasteiger partial charge on any atom is 0.260 e. The summed E-state index contributed by atoms with van der Waals surface area (Å²) in [7, 11) is 1.64. The molecule has 0 aliphatic carbocycles. The predicted octanol–water partition coefficient (Wildman–Crippen LogP) is 3.45. The number of ether oxygens (including phenoxy) is 2. The van der Waals surface area contributed by atoms with Crippen LogP contribution < -0.4 is 14.8 Å². The van der Waals surface area contributed by atoms with E-state index in [9.17, 15) is 4.79 Å². The van der Waals surface area contributed by atoms with E-state index in [-0.39, 0.29) is 12.5 Å². The third-order valence-corrected chi connectivity index (χ3v) is 6.47. The number of rotatable bonds is 9. The van der Waals surface area contributed by atoms with Crippen LogP contribution in [0.1, 0.15) is 36.8 Å². The Labute approximate surface area is 191 Å². The van der Waals surface area contributed by atoms with Crippen molar-refractivity contribution >= 4 is 5.91 Å². The molecule has 6 heteroatoms. The van der Waals surface area contributed by atoms with Crippen molar-refractivity contribution in [3.05, 3.63) is 59.7 Å². The lowest BCUT2D eigenvalue weighted by molar-refractivity contribution is -0.132. The van der Waals surface area contributed by atoms with Crippen molar-refractivity contribution < 1.29 is 14.3 Å². The molecule has 172 valence electrons. The van der Waals surface area contributed by atoms with Gasteiger partial charge in [-0.3, -0.25) is 9.69 Å². The van der Waals surface area contributed by atoms with Gasteiger partial charge in [-0.05, 0) is 62.0 Å². The van der Waals surface area contributed by atoms with E-state index in [0.717, 1.165) is 70.5 Å². The number of methoxy groups -OCH3 is 1. The average Bonchev–Trinajstić information content (AvgIpc) is 3.38. The van der Waals surface area contributed by atoms with Gasteiger partial charge in [0.05, 0.1) is 7.11 Å². The van der Waals surface area contributed by atoms with Gasteiger partial charge in [0.1, 0.15) is 0 Å². The number of carbonyl (C=O) groups is 1. The third-order valence-electron chi connectivity index (χ3n) is 6.47. The molecule has 32 heavy (non-hydrogen) atoms. The van der Waals surface area contributed by atoms with Gasteiger partial charge in [0.15, 0.2) is 18.1 Å². The van der Waals surface area contributed by atoms with E-state index >= 15 is 0 Å². The second-order valence-corrected chi connectivity index (χ2v) is 8.78. The Bertz CT molecular complexity index is 860.